The van der Waals surface area contributed by atoms with Gasteiger partial charge in [-0.2, -0.15) is 26.3 Å². The van der Waals surface area contributed by atoms with Gasteiger partial charge in [0, 0.05) is 44.8 Å². The molecule has 9 nitrogen and oxygen atoms in total. The zero-order valence-corrected chi connectivity index (χ0v) is 19.5. The standard InChI is InChI=1S/C18H25N3O2.2C2HF3O2/c22-18(21-7-3-4-8-21)10-16-9-14-11-20(13-17(14)23-16)12-15-5-1-2-6-19-15;2*3-2(4,5)1(6)7/h1-2,5-6,14,16-17H,3-4,7-13H2;2*(H,6,7)/t14-,16-,17+;;/m0../s1. The number of rotatable bonds is 4. The zero-order valence-electron chi connectivity index (χ0n) is 19.5. The summed E-state index contributed by atoms with van der Waals surface area (Å²) in [6.45, 7) is 4.81. The van der Waals surface area contributed by atoms with Crippen molar-refractivity contribution in [3.63, 3.8) is 0 Å². The number of pyridine rings is 1. The molecule has 2 N–H and O–H groups in total. The molecule has 15 heteroatoms. The molecule has 4 rings (SSSR count). The summed E-state index contributed by atoms with van der Waals surface area (Å²) in [4.78, 5) is 38.9. The van der Waals surface area contributed by atoms with Gasteiger partial charge in [0.05, 0.1) is 24.3 Å². The third kappa shape index (κ3) is 10.1. The Hall–Kier alpha value is -2.94. The fourth-order valence-corrected chi connectivity index (χ4v) is 4.22. The number of ether oxygens (including phenoxy) is 1. The molecule has 0 aromatic carbocycles. The second-order valence-electron chi connectivity index (χ2n) is 8.71. The van der Waals surface area contributed by atoms with E-state index in [1.165, 1.54) is 0 Å². The van der Waals surface area contributed by atoms with Crippen molar-refractivity contribution in [3.8, 4) is 0 Å². The van der Waals surface area contributed by atoms with Crippen LogP contribution in [-0.2, 0) is 25.7 Å². The minimum atomic E-state index is -5.08. The van der Waals surface area contributed by atoms with E-state index in [9.17, 15) is 31.1 Å². The molecule has 3 aliphatic heterocycles. The lowest BCUT2D eigenvalue weighted by Gasteiger charge is -2.20. The SMILES string of the molecule is O=C(C[C@@H]1C[C@H]2CN(Cc3ccccn3)C[C@H]2O1)N1CCCC1.O=C(O)C(F)(F)F.O=C(O)C(F)(F)F. The number of carbonyl (C=O) groups excluding carboxylic acids is 1. The summed E-state index contributed by atoms with van der Waals surface area (Å²) in [6.07, 6.45) is -3.96. The summed E-state index contributed by atoms with van der Waals surface area (Å²) < 4.78 is 69.6. The van der Waals surface area contributed by atoms with Crippen molar-refractivity contribution < 1.29 is 55.7 Å². The van der Waals surface area contributed by atoms with Gasteiger partial charge in [-0.05, 0) is 31.4 Å². The largest absolute Gasteiger partial charge is 0.490 e. The average Bonchev–Trinajstić information content (AvgIpc) is 3.51. The monoisotopic (exact) mass is 543 g/mol. The Bertz CT molecular complexity index is 870. The molecule has 0 aliphatic carbocycles. The van der Waals surface area contributed by atoms with Gasteiger partial charge in [-0.1, -0.05) is 6.07 Å². The van der Waals surface area contributed by atoms with Gasteiger partial charge in [0.1, 0.15) is 0 Å². The van der Waals surface area contributed by atoms with Gasteiger partial charge >= 0.3 is 24.3 Å². The third-order valence-electron chi connectivity index (χ3n) is 5.85. The number of aromatic nitrogens is 1. The molecule has 1 aromatic rings. The van der Waals surface area contributed by atoms with Gasteiger partial charge in [-0.15, -0.1) is 0 Å². The molecule has 0 saturated carbocycles. The van der Waals surface area contributed by atoms with E-state index in [1.807, 2.05) is 23.2 Å². The van der Waals surface area contributed by atoms with Crippen LogP contribution in [0.25, 0.3) is 0 Å². The number of carboxylic acids is 2. The lowest BCUT2D eigenvalue weighted by atomic mass is 10.0. The van der Waals surface area contributed by atoms with Crippen LogP contribution in [0.4, 0.5) is 26.3 Å². The quantitative estimate of drug-likeness (QED) is 0.557. The number of halogens is 6. The first-order valence-electron chi connectivity index (χ1n) is 11.3. The summed E-state index contributed by atoms with van der Waals surface area (Å²) >= 11 is 0. The van der Waals surface area contributed by atoms with E-state index < -0.39 is 24.3 Å². The summed E-state index contributed by atoms with van der Waals surface area (Å²) in [5, 5.41) is 14.2. The molecule has 3 saturated heterocycles. The van der Waals surface area contributed by atoms with Crippen molar-refractivity contribution in [2.24, 2.45) is 5.92 Å². The Balaban J connectivity index is 0.000000286. The van der Waals surface area contributed by atoms with E-state index >= 15 is 0 Å². The highest BCUT2D eigenvalue weighted by molar-refractivity contribution is 5.77. The van der Waals surface area contributed by atoms with Gasteiger partial charge < -0.3 is 19.8 Å². The molecular formula is C22H27F6N3O6. The predicted molar refractivity (Wildman–Crippen MR) is 114 cm³/mol. The van der Waals surface area contributed by atoms with Crippen molar-refractivity contribution in [2.45, 2.75) is 56.8 Å². The first kappa shape index (κ1) is 30.3. The Morgan fingerprint density at radius 3 is 2.00 bits per heavy atom. The van der Waals surface area contributed by atoms with Crippen LogP contribution in [0.5, 0.6) is 0 Å². The van der Waals surface area contributed by atoms with Crippen molar-refractivity contribution in [3.05, 3.63) is 30.1 Å². The normalized spacial score (nSPS) is 23.4. The molecule has 37 heavy (non-hydrogen) atoms. The Labute approximate surface area is 208 Å². The lowest BCUT2D eigenvalue weighted by molar-refractivity contribution is -0.193. The van der Waals surface area contributed by atoms with E-state index in [4.69, 9.17) is 24.5 Å². The molecular weight excluding hydrogens is 516 g/mol. The summed E-state index contributed by atoms with van der Waals surface area (Å²) in [6, 6.07) is 6.06. The Morgan fingerprint density at radius 1 is 0.973 bits per heavy atom. The highest BCUT2D eigenvalue weighted by Gasteiger charge is 2.43. The minimum absolute atomic E-state index is 0.134. The maximum Gasteiger partial charge on any atom is 0.490 e. The molecule has 1 aromatic heterocycles. The number of aliphatic carboxylic acids is 2. The number of amides is 1. The van der Waals surface area contributed by atoms with E-state index in [0.717, 1.165) is 57.7 Å². The molecule has 3 aliphatic rings. The van der Waals surface area contributed by atoms with Crippen molar-refractivity contribution in [1.82, 2.24) is 14.8 Å². The van der Waals surface area contributed by atoms with Gasteiger partial charge in [-0.25, -0.2) is 9.59 Å². The molecule has 208 valence electrons. The molecule has 4 heterocycles. The van der Waals surface area contributed by atoms with E-state index in [-0.39, 0.29) is 12.0 Å². The molecule has 0 bridgehead atoms. The maximum absolute atomic E-state index is 12.3. The Kier molecular flexibility index (Phi) is 10.7. The number of hydrogen-bond acceptors (Lipinski definition) is 6. The fourth-order valence-electron chi connectivity index (χ4n) is 4.22. The first-order chi connectivity index (χ1) is 17.2. The zero-order chi connectivity index (χ0) is 27.8. The minimum Gasteiger partial charge on any atom is -0.475 e. The molecule has 0 unspecified atom stereocenters. The van der Waals surface area contributed by atoms with Crippen LogP contribution in [0.2, 0.25) is 0 Å². The third-order valence-corrected chi connectivity index (χ3v) is 5.85. The maximum atomic E-state index is 12.3. The van der Waals surface area contributed by atoms with E-state index in [0.29, 0.717) is 18.4 Å². The number of fused-ring (bicyclic) bond motifs is 1. The predicted octanol–water partition coefficient (Wildman–Crippen LogP) is 2.95. The highest BCUT2D eigenvalue weighted by atomic mass is 19.4. The van der Waals surface area contributed by atoms with Gasteiger partial charge in [-0.3, -0.25) is 14.7 Å². The number of hydrogen-bond donors (Lipinski definition) is 2. The van der Waals surface area contributed by atoms with Gasteiger partial charge in [0.2, 0.25) is 5.91 Å². The van der Waals surface area contributed by atoms with E-state index in [2.05, 4.69) is 16.0 Å². The molecule has 1 amide bonds. The number of alkyl halides is 6. The number of likely N-dealkylation sites (tertiary alicyclic amines) is 2. The second-order valence-corrected chi connectivity index (χ2v) is 8.71. The average molecular weight is 543 g/mol. The van der Waals surface area contributed by atoms with Gasteiger partial charge in [0.25, 0.3) is 0 Å². The molecule has 3 atom stereocenters. The Morgan fingerprint density at radius 2 is 1.54 bits per heavy atom. The molecule has 0 spiro atoms. The van der Waals surface area contributed by atoms with Crippen LogP contribution >= 0.6 is 0 Å². The van der Waals surface area contributed by atoms with E-state index in [1.54, 1.807) is 0 Å². The van der Waals surface area contributed by atoms with Crippen molar-refractivity contribution >= 4 is 17.8 Å². The first-order valence-corrected chi connectivity index (χ1v) is 11.3. The van der Waals surface area contributed by atoms with Crippen LogP contribution in [0, 0.1) is 5.92 Å². The van der Waals surface area contributed by atoms with Crippen LogP contribution in [0.3, 0.4) is 0 Å². The molecule has 3 fully saturated rings. The van der Waals surface area contributed by atoms with Crippen LogP contribution < -0.4 is 0 Å². The second kappa shape index (κ2) is 13.0. The summed E-state index contributed by atoms with van der Waals surface area (Å²) in [7, 11) is 0. The van der Waals surface area contributed by atoms with Crippen LogP contribution in [-0.4, -0.2) is 93.6 Å². The van der Waals surface area contributed by atoms with Crippen molar-refractivity contribution in [2.75, 3.05) is 26.2 Å². The highest BCUT2D eigenvalue weighted by Crippen LogP contribution is 2.35. The van der Waals surface area contributed by atoms with Crippen molar-refractivity contribution in [1.29, 1.82) is 0 Å². The lowest BCUT2D eigenvalue weighted by Crippen LogP contribution is -2.32. The van der Waals surface area contributed by atoms with Crippen LogP contribution in [0.1, 0.15) is 31.4 Å². The number of carbonyl (C=O) groups is 3. The fraction of sp³-hybridized carbons (Fsp3) is 0.636. The molecule has 0 radical (unpaired) electrons. The topological polar surface area (TPSA) is 120 Å². The van der Waals surface area contributed by atoms with Crippen LogP contribution in [0.15, 0.2) is 24.4 Å². The summed E-state index contributed by atoms with van der Waals surface area (Å²) in [5.74, 6) is -4.65. The summed E-state index contributed by atoms with van der Waals surface area (Å²) in [5.41, 5.74) is 1.12. The number of carboxylic acid groups (broad SMARTS) is 2. The smallest absolute Gasteiger partial charge is 0.475 e. The van der Waals surface area contributed by atoms with Gasteiger partial charge in [0.15, 0.2) is 0 Å². The number of nitrogens with zero attached hydrogens (tertiary/aromatic N) is 3.